The van der Waals surface area contributed by atoms with Gasteiger partial charge in [-0.3, -0.25) is 4.98 Å². The number of hydrogen-bond acceptors (Lipinski definition) is 2. The molecule has 0 amide bonds. The Labute approximate surface area is 103 Å². The lowest BCUT2D eigenvalue weighted by atomic mass is 9.89. The highest BCUT2D eigenvalue weighted by atomic mass is 19.1. The Hall–Kier alpha value is -2.23. The maximum absolute atomic E-state index is 12.9. The first-order valence-electron chi connectivity index (χ1n) is 5.76. The zero-order valence-electron chi connectivity index (χ0n) is 9.57. The van der Waals surface area contributed by atoms with Gasteiger partial charge in [-0.2, -0.15) is 0 Å². The van der Waals surface area contributed by atoms with Crippen molar-refractivity contribution in [2.24, 2.45) is 0 Å². The minimum atomic E-state index is -0.295. The van der Waals surface area contributed by atoms with Crippen LogP contribution < -0.4 is 0 Å². The number of hydrogen-bond donors (Lipinski definition) is 3. The van der Waals surface area contributed by atoms with E-state index in [1.807, 2.05) is 6.08 Å². The summed E-state index contributed by atoms with van der Waals surface area (Å²) in [4.78, 5) is 2.53. The number of aromatic nitrogens is 1. The van der Waals surface area contributed by atoms with Crippen LogP contribution in [0, 0.1) is 5.82 Å². The molecule has 0 saturated carbocycles. The third kappa shape index (κ3) is 1.57. The van der Waals surface area contributed by atoms with Crippen LogP contribution in [0.3, 0.4) is 0 Å². The van der Waals surface area contributed by atoms with Crippen LogP contribution in [0.5, 0.6) is 11.8 Å². The van der Waals surface area contributed by atoms with Gasteiger partial charge in [-0.15, -0.1) is 0 Å². The van der Waals surface area contributed by atoms with Crippen LogP contribution in [0.2, 0.25) is 0 Å². The summed E-state index contributed by atoms with van der Waals surface area (Å²) in [5.41, 5.74) is 2.98. The van der Waals surface area contributed by atoms with E-state index >= 15 is 0 Å². The van der Waals surface area contributed by atoms with Crippen LogP contribution in [0.1, 0.15) is 23.1 Å². The molecule has 2 aromatic rings. The van der Waals surface area contributed by atoms with E-state index in [-0.39, 0.29) is 17.6 Å². The molecule has 0 fully saturated rings. The topological polar surface area (TPSA) is 56.2 Å². The molecule has 1 aromatic carbocycles. The summed E-state index contributed by atoms with van der Waals surface area (Å²) in [6, 6.07) is 6.10. The minimum Gasteiger partial charge on any atom is -0.494 e. The molecule has 1 aliphatic rings. The molecule has 0 unspecified atom stereocenters. The van der Waals surface area contributed by atoms with Crippen molar-refractivity contribution in [3.8, 4) is 11.8 Å². The van der Waals surface area contributed by atoms with Crippen molar-refractivity contribution in [3.63, 3.8) is 0 Å². The van der Waals surface area contributed by atoms with Crippen molar-refractivity contribution in [2.75, 3.05) is 0 Å². The van der Waals surface area contributed by atoms with Gasteiger partial charge >= 0.3 is 0 Å². The Morgan fingerprint density at radius 2 is 1.78 bits per heavy atom. The van der Waals surface area contributed by atoms with Crippen LogP contribution in [0.15, 0.2) is 30.3 Å². The van der Waals surface area contributed by atoms with Gasteiger partial charge in [0.2, 0.25) is 0 Å². The average molecular weight is 245 g/mol. The van der Waals surface area contributed by atoms with E-state index in [9.17, 15) is 14.6 Å². The molecule has 0 atom stereocenters. The number of nitrogens with one attached hydrogen (secondary N) is 1. The third-order valence-corrected chi connectivity index (χ3v) is 3.23. The molecule has 1 heterocycles. The fourth-order valence-electron chi connectivity index (χ4n) is 2.40. The standard InChI is InChI=1S/C14H12FNO2/c15-9-6-4-8(5-7-9)10-2-1-3-11-12(10)14(18)16-13(11)17/h2,4-7,16-18H,1,3H2. The van der Waals surface area contributed by atoms with Crippen molar-refractivity contribution in [1.29, 1.82) is 0 Å². The van der Waals surface area contributed by atoms with Gasteiger partial charge in [0.15, 0.2) is 11.8 Å². The molecule has 18 heavy (non-hydrogen) atoms. The Balaban J connectivity index is 2.15. The predicted molar refractivity (Wildman–Crippen MR) is 65.9 cm³/mol. The molecule has 1 aromatic heterocycles. The number of benzene rings is 1. The number of rotatable bonds is 1. The van der Waals surface area contributed by atoms with Gasteiger partial charge in [0.05, 0.1) is 5.56 Å². The number of aromatic hydroxyl groups is 2. The molecular formula is C14H12FNO2. The maximum Gasteiger partial charge on any atom is 0.199 e. The fourth-order valence-corrected chi connectivity index (χ4v) is 2.40. The summed E-state index contributed by atoms with van der Waals surface area (Å²) in [7, 11) is 0. The predicted octanol–water partition coefficient (Wildman–Crippen LogP) is 2.94. The van der Waals surface area contributed by atoms with Crippen LogP contribution in [-0.4, -0.2) is 15.2 Å². The second kappa shape index (κ2) is 3.91. The molecule has 0 aliphatic heterocycles. The highest BCUT2D eigenvalue weighted by molar-refractivity contribution is 5.86. The molecule has 4 heteroatoms. The van der Waals surface area contributed by atoms with Gasteiger partial charge in [0.1, 0.15) is 5.82 Å². The first-order chi connectivity index (χ1) is 8.66. The lowest BCUT2D eigenvalue weighted by Gasteiger charge is -2.14. The maximum atomic E-state index is 12.9. The summed E-state index contributed by atoms with van der Waals surface area (Å²) < 4.78 is 12.9. The zero-order chi connectivity index (χ0) is 12.7. The molecule has 3 N–H and O–H groups in total. The molecule has 0 radical (unpaired) electrons. The summed E-state index contributed by atoms with van der Waals surface area (Å²) in [5.74, 6) is -0.329. The second-order valence-electron chi connectivity index (χ2n) is 4.34. The van der Waals surface area contributed by atoms with Crippen LogP contribution in [-0.2, 0) is 6.42 Å². The molecule has 3 nitrogen and oxygen atoms in total. The van der Waals surface area contributed by atoms with Gasteiger partial charge in [0, 0.05) is 5.56 Å². The van der Waals surface area contributed by atoms with Crippen LogP contribution >= 0.6 is 0 Å². The lowest BCUT2D eigenvalue weighted by Crippen LogP contribution is -1.98. The molecule has 0 saturated heterocycles. The van der Waals surface area contributed by atoms with E-state index in [0.717, 1.165) is 17.6 Å². The van der Waals surface area contributed by atoms with Gasteiger partial charge in [-0.25, -0.2) is 4.39 Å². The smallest absolute Gasteiger partial charge is 0.199 e. The van der Waals surface area contributed by atoms with Crippen molar-refractivity contribution in [2.45, 2.75) is 12.8 Å². The van der Waals surface area contributed by atoms with E-state index in [2.05, 4.69) is 4.98 Å². The number of H-pyrrole nitrogens is 1. The van der Waals surface area contributed by atoms with E-state index in [0.29, 0.717) is 17.5 Å². The van der Waals surface area contributed by atoms with Crippen molar-refractivity contribution in [3.05, 3.63) is 52.8 Å². The van der Waals surface area contributed by atoms with Crippen LogP contribution in [0.25, 0.3) is 5.57 Å². The summed E-state index contributed by atoms with van der Waals surface area (Å²) >= 11 is 0. The van der Waals surface area contributed by atoms with Crippen molar-refractivity contribution >= 4 is 5.57 Å². The summed E-state index contributed by atoms with van der Waals surface area (Å²) in [6.45, 7) is 0. The second-order valence-corrected chi connectivity index (χ2v) is 4.34. The highest BCUT2D eigenvalue weighted by Crippen LogP contribution is 2.41. The molecule has 0 spiro atoms. The number of aromatic amines is 1. The molecule has 92 valence electrons. The van der Waals surface area contributed by atoms with Gasteiger partial charge in [-0.1, -0.05) is 18.2 Å². The van der Waals surface area contributed by atoms with E-state index in [4.69, 9.17) is 0 Å². The highest BCUT2D eigenvalue weighted by Gasteiger charge is 2.23. The van der Waals surface area contributed by atoms with E-state index in [1.54, 1.807) is 12.1 Å². The summed E-state index contributed by atoms with van der Waals surface area (Å²) in [6.07, 6.45) is 3.45. The first-order valence-corrected chi connectivity index (χ1v) is 5.76. The summed E-state index contributed by atoms with van der Waals surface area (Å²) in [5, 5.41) is 19.5. The number of allylic oxidation sites excluding steroid dienone is 1. The Kier molecular flexibility index (Phi) is 2.37. The van der Waals surface area contributed by atoms with Gasteiger partial charge in [0.25, 0.3) is 0 Å². The van der Waals surface area contributed by atoms with Crippen LogP contribution in [0.4, 0.5) is 4.39 Å². The largest absolute Gasteiger partial charge is 0.494 e. The van der Waals surface area contributed by atoms with E-state index < -0.39 is 0 Å². The molecule has 3 rings (SSSR count). The first kappa shape index (κ1) is 10.9. The number of halogens is 1. The average Bonchev–Trinajstić information content (AvgIpc) is 2.66. The molecule has 0 bridgehead atoms. The molecular weight excluding hydrogens is 233 g/mol. The minimum absolute atomic E-state index is 0.00946. The monoisotopic (exact) mass is 245 g/mol. The Morgan fingerprint density at radius 3 is 2.50 bits per heavy atom. The Bertz CT molecular complexity index is 626. The Morgan fingerprint density at radius 1 is 1.06 bits per heavy atom. The zero-order valence-corrected chi connectivity index (χ0v) is 9.57. The van der Waals surface area contributed by atoms with Gasteiger partial charge in [-0.05, 0) is 36.1 Å². The number of fused-ring (bicyclic) bond motifs is 1. The molecule has 1 aliphatic carbocycles. The lowest BCUT2D eigenvalue weighted by molar-refractivity contribution is 0.423. The van der Waals surface area contributed by atoms with Gasteiger partial charge < -0.3 is 10.2 Å². The van der Waals surface area contributed by atoms with Crippen molar-refractivity contribution in [1.82, 2.24) is 4.98 Å². The van der Waals surface area contributed by atoms with E-state index in [1.165, 1.54) is 12.1 Å². The third-order valence-electron chi connectivity index (χ3n) is 3.23. The van der Waals surface area contributed by atoms with Crippen molar-refractivity contribution < 1.29 is 14.6 Å². The quantitative estimate of drug-likeness (QED) is 0.723. The fraction of sp³-hybridized carbons (Fsp3) is 0.143. The normalized spacial score (nSPS) is 14.2. The SMILES string of the molecule is Oc1[nH]c(O)c2c1CCC=C2c1ccc(F)cc1.